The molecule has 2 aromatic carbocycles. The van der Waals surface area contributed by atoms with Gasteiger partial charge in [0.1, 0.15) is 10.1 Å². The molecule has 2 aromatic rings. The monoisotopic (exact) mass is 325 g/mol. The van der Waals surface area contributed by atoms with Gasteiger partial charge in [0.15, 0.2) is 11.6 Å². The molecule has 0 atom stereocenters. The molecule has 1 aliphatic carbocycles. The number of ketones is 2. The number of anilines is 1. The van der Waals surface area contributed by atoms with Crippen LogP contribution in [0.1, 0.15) is 31.8 Å². The zero-order valence-electron chi connectivity index (χ0n) is 11.5. The predicted octanol–water partition coefficient (Wildman–Crippen LogP) is -2.05. The maximum atomic E-state index is 12.4. The zero-order chi connectivity index (χ0) is 15.4. The molecule has 0 spiro atoms. The summed E-state index contributed by atoms with van der Waals surface area (Å²) in [7, 11) is -4.82. The maximum absolute atomic E-state index is 12.4. The first-order valence-electron chi connectivity index (χ1n) is 5.89. The van der Waals surface area contributed by atoms with Crippen LogP contribution in [0.25, 0.3) is 0 Å². The molecule has 0 bridgehead atoms. The van der Waals surface area contributed by atoms with Gasteiger partial charge >= 0.3 is 29.6 Å². The normalized spacial score (nSPS) is 13.1. The minimum Gasteiger partial charge on any atom is -0.744 e. The van der Waals surface area contributed by atoms with E-state index in [1.54, 1.807) is 12.1 Å². The van der Waals surface area contributed by atoms with E-state index in [0.29, 0.717) is 0 Å². The summed E-state index contributed by atoms with van der Waals surface area (Å²) in [5.74, 6) is -0.995. The van der Waals surface area contributed by atoms with Crippen molar-refractivity contribution in [2.24, 2.45) is 0 Å². The molecular weight excluding hydrogens is 317 g/mol. The van der Waals surface area contributed by atoms with E-state index in [0.717, 1.165) is 12.1 Å². The molecule has 1 aliphatic rings. The molecule has 22 heavy (non-hydrogen) atoms. The molecule has 106 valence electrons. The van der Waals surface area contributed by atoms with Gasteiger partial charge in [-0.05, 0) is 12.1 Å². The van der Waals surface area contributed by atoms with E-state index in [9.17, 15) is 22.6 Å². The Labute approximate surface area is 148 Å². The Morgan fingerprint density at radius 1 is 0.864 bits per heavy atom. The second-order valence-corrected chi connectivity index (χ2v) is 5.91. The van der Waals surface area contributed by atoms with Gasteiger partial charge in [0, 0.05) is 16.7 Å². The van der Waals surface area contributed by atoms with Crippen LogP contribution in [0.4, 0.5) is 5.69 Å². The third kappa shape index (κ3) is 2.41. The minimum atomic E-state index is -4.82. The summed E-state index contributed by atoms with van der Waals surface area (Å²) in [6.45, 7) is 0. The molecule has 3 rings (SSSR count). The largest absolute Gasteiger partial charge is 1.00 e. The van der Waals surface area contributed by atoms with Gasteiger partial charge in [-0.3, -0.25) is 9.59 Å². The molecule has 0 saturated heterocycles. The van der Waals surface area contributed by atoms with Gasteiger partial charge in [-0.25, -0.2) is 8.42 Å². The first-order chi connectivity index (χ1) is 9.82. The second-order valence-electron chi connectivity index (χ2n) is 4.56. The van der Waals surface area contributed by atoms with Crippen LogP contribution in [0, 0.1) is 0 Å². The van der Waals surface area contributed by atoms with Crippen LogP contribution in [-0.4, -0.2) is 24.5 Å². The van der Waals surface area contributed by atoms with E-state index in [-0.39, 0.29) is 51.8 Å². The third-order valence-electron chi connectivity index (χ3n) is 3.36. The summed E-state index contributed by atoms with van der Waals surface area (Å²) in [5, 5.41) is 0. The van der Waals surface area contributed by atoms with E-state index in [2.05, 4.69) is 0 Å². The fourth-order valence-electron chi connectivity index (χ4n) is 2.41. The Morgan fingerprint density at radius 2 is 1.41 bits per heavy atom. The van der Waals surface area contributed by atoms with Crippen molar-refractivity contribution in [3.05, 3.63) is 58.7 Å². The summed E-state index contributed by atoms with van der Waals surface area (Å²) in [4.78, 5) is 24.1. The SMILES string of the molecule is Nc1c(S(=O)(=O)[O-])ccc2c1C(=O)c1ccccc1C2=O.[Na+]. The first kappa shape index (κ1) is 16.9. The van der Waals surface area contributed by atoms with Crippen molar-refractivity contribution in [3.63, 3.8) is 0 Å². The van der Waals surface area contributed by atoms with Crippen molar-refractivity contribution in [3.8, 4) is 0 Å². The summed E-state index contributed by atoms with van der Waals surface area (Å²) in [5.41, 5.74) is 5.32. The number of hydrogen-bond donors (Lipinski definition) is 1. The quantitative estimate of drug-likeness (QED) is 0.313. The smallest absolute Gasteiger partial charge is 0.744 e. The van der Waals surface area contributed by atoms with E-state index in [1.165, 1.54) is 12.1 Å². The number of carbonyl (C=O) groups is 2. The summed E-state index contributed by atoms with van der Waals surface area (Å²) in [6, 6.07) is 8.26. The van der Waals surface area contributed by atoms with Gasteiger partial charge in [-0.15, -0.1) is 0 Å². The van der Waals surface area contributed by atoms with Crippen LogP contribution in [0.5, 0.6) is 0 Å². The zero-order valence-corrected chi connectivity index (χ0v) is 14.3. The van der Waals surface area contributed by atoms with Crippen LogP contribution in [0.3, 0.4) is 0 Å². The number of carbonyl (C=O) groups excluding carboxylic acids is 2. The van der Waals surface area contributed by atoms with Crippen LogP contribution >= 0.6 is 0 Å². The fraction of sp³-hybridized carbons (Fsp3) is 0. The van der Waals surface area contributed by atoms with Crippen LogP contribution < -0.4 is 35.3 Å². The molecule has 0 fully saturated rings. The topological polar surface area (TPSA) is 117 Å². The van der Waals surface area contributed by atoms with Crippen molar-refractivity contribution >= 4 is 27.4 Å². The van der Waals surface area contributed by atoms with E-state index < -0.39 is 32.3 Å². The van der Waals surface area contributed by atoms with Gasteiger partial charge in [0.25, 0.3) is 0 Å². The number of fused-ring (bicyclic) bond motifs is 2. The molecule has 0 aromatic heterocycles. The summed E-state index contributed by atoms with van der Waals surface area (Å²) >= 11 is 0. The van der Waals surface area contributed by atoms with Gasteiger partial charge in [0.2, 0.25) is 0 Å². The Morgan fingerprint density at radius 3 is 1.95 bits per heavy atom. The van der Waals surface area contributed by atoms with Gasteiger partial charge < -0.3 is 10.3 Å². The molecule has 6 nitrogen and oxygen atoms in total. The number of hydrogen-bond acceptors (Lipinski definition) is 6. The molecule has 0 amide bonds. The minimum absolute atomic E-state index is 0. The van der Waals surface area contributed by atoms with Crippen molar-refractivity contribution in [1.29, 1.82) is 0 Å². The van der Waals surface area contributed by atoms with E-state index in [1.807, 2.05) is 0 Å². The molecule has 0 unspecified atom stereocenters. The van der Waals surface area contributed by atoms with Gasteiger partial charge in [-0.2, -0.15) is 0 Å². The van der Waals surface area contributed by atoms with Crippen molar-refractivity contribution in [2.45, 2.75) is 4.90 Å². The molecule has 0 aliphatic heterocycles. The number of rotatable bonds is 1. The maximum Gasteiger partial charge on any atom is 1.00 e. The Kier molecular flexibility index (Phi) is 4.29. The number of nitrogens with two attached hydrogens (primary N) is 1. The molecule has 0 radical (unpaired) electrons. The van der Waals surface area contributed by atoms with Crippen molar-refractivity contribution in [1.82, 2.24) is 0 Å². The summed E-state index contributed by atoms with van der Waals surface area (Å²) < 4.78 is 33.4. The Bertz CT molecular complexity index is 921. The first-order valence-corrected chi connectivity index (χ1v) is 7.30. The standard InChI is InChI=1S/C14H9NO5S.Na/c15-12-10(21(18,19)20)6-5-9-11(12)14(17)8-4-2-1-3-7(8)13(9)16;/h1-6H,15H2,(H,18,19,20);/q;+1/p-1. The molecule has 2 N–H and O–H groups in total. The van der Waals surface area contributed by atoms with E-state index in [4.69, 9.17) is 5.73 Å². The van der Waals surface area contributed by atoms with Crippen LogP contribution in [0.15, 0.2) is 41.3 Å². The molecular formula is C14H8NNaO5S. The molecule has 0 heterocycles. The van der Waals surface area contributed by atoms with Crippen molar-refractivity contribution in [2.75, 3.05) is 5.73 Å². The molecule has 0 saturated carbocycles. The van der Waals surface area contributed by atoms with Crippen LogP contribution in [-0.2, 0) is 10.1 Å². The number of benzene rings is 2. The number of nitrogen functional groups attached to an aromatic ring is 1. The summed E-state index contributed by atoms with van der Waals surface area (Å²) in [6.07, 6.45) is 0. The van der Waals surface area contributed by atoms with Gasteiger partial charge in [0.05, 0.1) is 16.1 Å². The Hall–Kier alpha value is -1.51. The van der Waals surface area contributed by atoms with Crippen LogP contribution in [0.2, 0.25) is 0 Å². The molecule has 8 heteroatoms. The van der Waals surface area contributed by atoms with E-state index >= 15 is 0 Å². The fourth-order valence-corrected chi connectivity index (χ4v) is 3.02. The third-order valence-corrected chi connectivity index (χ3v) is 4.26. The van der Waals surface area contributed by atoms with Gasteiger partial charge in [-0.1, -0.05) is 24.3 Å². The average molecular weight is 325 g/mol. The Balaban J connectivity index is 0.00000176. The predicted molar refractivity (Wildman–Crippen MR) is 72.1 cm³/mol. The second kappa shape index (κ2) is 5.60. The van der Waals surface area contributed by atoms with Crippen molar-refractivity contribution < 1.29 is 52.1 Å². The average Bonchev–Trinajstić information content (AvgIpc) is 2.43.